The molecule has 1 aromatic rings. The zero-order valence-electron chi connectivity index (χ0n) is 18.0. The average Bonchev–Trinajstić information content (AvgIpc) is 3.17. The van der Waals surface area contributed by atoms with E-state index in [1.54, 1.807) is 39.6 Å². The molecule has 0 spiro atoms. The van der Waals surface area contributed by atoms with Crippen LogP contribution in [0.3, 0.4) is 0 Å². The predicted molar refractivity (Wildman–Crippen MR) is 117 cm³/mol. The first-order valence-corrected chi connectivity index (χ1v) is 11.4. The zero-order valence-corrected chi connectivity index (χ0v) is 18.8. The molecule has 2 N–H and O–H groups in total. The number of methoxy groups -OCH3 is 1. The molecule has 162 valence electrons. The lowest BCUT2D eigenvalue weighted by Gasteiger charge is -2.23. The maximum Gasteiger partial charge on any atom is 0.408 e. The predicted octanol–water partition coefficient (Wildman–Crippen LogP) is 4.13. The van der Waals surface area contributed by atoms with Gasteiger partial charge in [0.05, 0.1) is 7.11 Å². The maximum absolute atomic E-state index is 12.7. The Kier molecular flexibility index (Phi) is 9.14. The minimum absolute atomic E-state index is 0.203. The number of hydrogen-bond donors (Lipinski definition) is 2. The third-order valence-corrected chi connectivity index (χ3v) is 6.02. The molecule has 1 aliphatic rings. The van der Waals surface area contributed by atoms with Crippen molar-refractivity contribution in [3.63, 3.8) is 0 Å². The fourth-order valence-corrected chi connectivity index (χ4v) is 4.49. The van der Waals surface area contributed by atoms with E-state index in [2.05, 4.69) is 10.6 Å². The van der Waals surface area contributed by atoms with Gasteiger partial charge in [-0.15, -0.1) is 0 Å². The summed E-state index contributed by atoms with van der Waals surface area (Å²) in [4.78, 5) is 24.9. The minimum Gasteiger partial charge on any atom is -0.497 e. The first kappa shape index (κ1) is 23.4. The van der Waals surface area contributed by atoms with Crippen molar-refractivity contribution < 1.29 is 19.1 Å². The zero-order chi connectivity index (χ0) is 21.3. The molecule has 6 nitrogen and oxygen atoms in total. The van der Waals surface area contributed by atoms with Crippen LogP contribution in [0, 0.1) is 5.92 Å². The van der Waals surface area contributed by atoms with E-state index in [0.29, 0.717) is 12.3 Å². The van der Waals surface area contributed by atoms with Crippen molar-refractivity contribution in [3.05, 3.63) is 29.8 Å². The average molecular weight is 423 g/mol. The SMILES string of the molecule is COc1ccc(CNC(=O)C(CSCC2CCCC2)NC(=O)OC(C)(C)C)cc1. The van der Waals surface area contributed by atoms with E-state index in [1.165, 1.54) is 25.7 Å². The molecule has 2 amide bonds. The Hall–Kier alpha value is -1.89. The van der Waals surface area contributed by atoms with Gasteiger partial charge in [-0.25, -0.2) is 4.79 Å². The molecule has 0 heterocycles. The summed E-state index contributed by atoms with van der Waals surface area (Å²) in [6.45, 7) is 5.81. The standard InChI is InChI=1S/C22H34N2O4S/c1-22(2,3)28-21(26)24-19(15-29-14-17-7-5-6-8-17)20(25)23-13-16-9-11-18(27-4)12-10-16/h9-12,17,19H,5-8,13-15H2,1-4H3,(H,23,25)(H,24,26). The Balaban J connectivity index is 1.89. The van der Waals surface area contributed by atoms with Crippen LogP contribution in [-0.4, -0.2) is 42.3 Å². The summed E-state index contributed by atoms with van der Waals surface area (Å²) in [5.74, 6) is 2.85. The van der Waals surface area contributed by atoms with Gasteiger partial charge in [0.15, 0.2) is 0 Å². The van der Waals surface area contributed by atoms with E-state index in [1.807, 2.05) is 24.3 Å². The van der Waals surface area contributed by atoms with Crippen molar-refractivity contribution in [1.82, 2.24) is 10.6 Å². The van der Waals surface area contributed by atoms with Gasteiger partial charge in [0.2, 0.25) is 5.91 Å². The molecule has 0 aromatic heterocycles. The molecule has 0 aliphatic heterocycles. The molecule has 1 fully saturated rings. The molecular weight excluding hydrogens is 388 g/mol. The first-order valence-electron chi connectivity index (χ1n) is 10.2. The van der Waals surface area contributed by atoms with Crippen LogP contribution in [-0.2, 0) is 16.1 Å². The van der Waals surface area contributed by atoms with Gasteiger partial charge in [-0.1, -0.05) is 25.0 Å². The topological polar surface area (TPSA) is 76.7 Å². The Labute approximate surface area is 178 Å². The first-order chi connectivity index (χ1) is 13.8. The third kappa shape index (κ3) is 8.98. The van der Waals surface area contributed by atoms with E-state index >= 15 is 0 Å². The van der Waals surface area contributed by atoms with Gasteiger partial charge in [0.1, 0.15) is 17.4 Å². The van der Waals surface area contributed by atoms with Gasteiger partial charge in [0.25, 0.3) is 0 Å². The summed E-state index contributed by atoms with van der Waals surface area (Å²) in [7, 11) is 1.62. The van der Waals surface area contributed by atoms with Crippen molar-refractivity contribution >= 4 is 23.8 Å². The van der Waals surface area contributed by atoms with Crippen LogP contribution in [0.1, 0.15) is 52.0 Å². The Bertz CT molecular complexity index is 652. The van der Waals surface area contributed by atoms with Crippen molar-refractivity contribution in [2.45, 2.75) is 64.6 Å². The quantitative estimate of drug-likeness (QED) is 0.626. The summed E-state index contributed by atoms with van der Waals surface area (Å²) in [5, 5.41) is 5.66. The monoisotopic (exact) mass is 422 g/mol. The third-order valence-electron chi connectivity index (χ3n) is 4.75. The van der Waals surface area contributed by atoms with Gasteiger partial charge in [0, 0.05) is 12.3 Å². The van der Waals surface area contributed by atoms with E-state index in [4.69, 9.17) is 9.47 Å². The molecule has 1 unspecified atom stereocenters. The van der Waals surface area contributed by atoms with Gasteiger partial charge in [-0.05, 0) is 63.0 Å². The molecule has 0 saturated heterocycles. The lowest BCUT2D eigenvalue weighted by molar-refractivity contribution is -0.122. The van der Waals surface area contributed by atoms with Crippen LogP contribution >= 0.6 is 11.8 Å². The molecular formula is C22H34N2O4S. The van der Waals surface area contributed by atoms with Crippen molar-refractivity contribution in [2.75, 3.05) is 18.6 Å². The number of carbonyl (C=O) groups is 2. The number of alkyl carbamates (subject to hydrolysis) is 1. The van der Waals surface area contributed by atoms with E-state index < -0.39 is 17.7 Å². The number of nitrogens with one attached hydrogen (secondary N) is 2. The maximum atomic E-state index is 12.7. The van der Waals surface area contributed by atoms with E-state index in [-0.39, 0.29) is 5.91 Å². The fourth-order valence-electron chi connectivity index (χ4n) is 3.22. The second kappa shape index (κ2) is 11.3. The number of rotatable bonds is 9. The summed E-state index contributed by atoms with van der Waals surface area (Å²) >= 11 is 1.73. The molecule has 1 aromatic carbocycles. The Morgan fingerprint density at radius 3 is 2.41 bits per heavy atom. The molecule has 7 heteroatoms. The smallest absolute Gasteiger partial charge is 0.408 e. The number of benzene rings is 1. The largest absolute Gasteiger partial charge is 0.497 e. The number of carbonyl (C=O) groups excluding carboxylic acids is 2. The molecule has 0 bridgehead atoms. The van der Waals surface area contributed by atoms with Crippen molar-refractivity contribution in [1.29, 1.82) is 0 Å². The molecule has 0 radical (unpaired) electrons. The van der Waals surface area contributed by atoms with Crippen molar-refractivity contribution in [2.24, 2.45) is 5.92 Å². The highest BCUT2D eigenvalue weighted by Crippen LogP contribution is 2.28. The molecule has 1 atom stereocenters. The minimum atomic E-state index is -0.630. The van der Waals surface area contributed by atoms with Crippen LogP contribution < -0.4 is 15.4 Å². The molecule has 1 saturated carbocycles. The number of ether oxygens (including phenoxy) is 2. The number of hydrogen-bond acceptors (Lipinski definition) is 5. The van der Waals surface area contributed by atoms with Gasteiger partial charge in [-0.2, -0.15) is 11.8 Å². The van der Waals surface area contributed by atoms with Crippen LogP contribution in [0.5, 0.6) is 5.75 Å². The van der Waals surface area contributed by atoms with Gasteiger partial charge in [-0.3, -0.25) is 4.79 Å². The Morgan fingerprint density at radius 2 is 1.83 bits per heavy atom. The summed E-state index contributed by atoms with van der Waals surface area (Å²) in [6, 6.07) is 6.90. The van der Waals surface area contributed by atoms with Gasteiger partial charge >= 0.3 is 6.09 Å². The highest BCUT2D eigenvalue weighted by atomic mass is 32.2. The van der Waals surface area contributed by atoms with Crippen LogP contribution in [0.25, 0.3) is 0 Å². The second-order valence-corrected chi connectivity index (χ2v) is 9.53. The van der Waals surface area contributed by atoms with Crippen molar-refractivity contribution in [3.8, 4) is 5.75 Å². The van der Waals surface area contributed by atoms with Crippen LogP contribution in [0.2, 0.25) is 0 Å². The molecule has 29 heavy (non-hydrogen) atoms. The van der Waals surface area contributed by atoms with Gasteiger partial charge < -0.3 is 20.1 Å². The number of amides is 2. The highest BCUT2D eigenvalue weighted by Gasteiger charge is 2.25. The van der Waals surface area contributed by atoms with Crippen LogP contribution in [0.15, 0.2) is 24.3 Å². The Morgan fingerprint density at radius 1 is 1.17 bits per heavy atom. The number of thioether (sulfide) groups is 1. The molecule has 2 rings (SSSR count). The van der Waals surface area contributed by atoms with E-state index in [0.717, 1.165) is 23.0 Å². The fraction of sp³-hybridized carbons (Fsp3) is 0.636. The van der Waals surface area contributed by atoms with E-state index in [9.17, 15) is 9.59 Å². The lowest BCUT2D eigenvalue weighted by Crippen LogP contribution is -2.49. The summed E-state index contributed by atoms with van der Waals surface area (Å²) in [5.41, 5.74) is 0.361. The lowest BCUT2D eigenvalue weighted by atomic mass is 10.1. The summed E-state index contributed by atoms with van der Waals surface area (Å²) < 4.78 is 10.5. The normalized spacial score (nSPS) is 15.6. The second-order valence-electron chi connectivity index (χ2n) is 8.45. The summed E-state index contributed by atoms with van der Waals surface area (Å²) in [6.07, 6.45) is 4.56. The highest BCUT2D eigenvalue weighted by molar-refractivity contribution is 7.99. The van der Waals surface area contributed by atoms with Crippen LogP contribution in [0.4, 0.5) is 4.79 Å². The molecule has 1 aliphatic carbocycles.